The standard InChI is InChI=1S/C14H20INO2/c1-11(2)16-7-8-17-14(9-16)10-18-13-5-3-12(15)4-6-13/h3-6,11,14H,7-10H2,1-2H3. The van der Waals surface area contributed by atoms with Gasteiger partial charge in [0, 0.05) is 22.7 Å². The molecule has 0 spiro atoms. The summed E-state index contributed by atoms with van der Waals surface area (Å²) >= 11 is 2.29. The van der Waals surface area contributed by atoms with E-state index in [4.69, 9.17) is 9.47 Å². The van der Waals surface area contributed by atoms with Crippen molar-refractivity contribution in [1.29, 1.82) is 0 Å². The molecule has 1 atom stereocenters. The summed E-state index contributed by atoms with van der Waals surface area (Å²) in [7, 11) is 0. The number of morpholine rings is 1. The molecule has 100 valence electrons. The first-order valence-electron chi connectivity index (χ1n) is 6.39. The zero-order valence-corrected chi connectivity index (χ0v) is 13.1. The SMILES string of the molecule is CC(C)N1CCOC(COc2ccc(I)cc2)C1. The lowest BCUT2D eigenvalue weighted by Crippen LogP contribution is -2.47. The van der Waals surface area contributed by atoms with Crippen LogP contribution in [0.25, 0.3) is 0 Å². The van der Waals surface area contributed by atoms with Crippen molar-refractivity contribution < 1.29 is 9.47 Å². The van der Waals surface area contributed by atoms with Gasteiger partial charge in [-0.1, -0.05) is 0 Å². The molecule has 3 nitrogen and oxygen atoms in total. The van der Waals surface area contributed by atoms with E-state index in [1.54, 1.807) is 0 Å². The summed E-state index contributed by atoms with van der Waals surface area (Å²) < 4.78 is 12.7. The predicted octanol–water partition coefficient (Wildman–Crippen LogP) is 2.78. The van der Waals surface area contributed by atoms with Crippen LogP contribution >= 0.6 is 22.6 Å². The lowest BCUT2D eigenvalue weighted by molar-refractivity contribution is -0.0564. The van der Waals surface area contributed by atoms with E-state index in [1.807, 2.05) is 12.1 Å². The van der Waals surface area contributed by atoms with Crippen molar-refractivity contribution in [2.45, 2.75) is 26.0 Å². The number of ether oxygens (including phenoxy) is 2. The van der Waals surface area contributed by atoms with Gasteiger partial charge in [0.25, 0.3) is 0 Å². The molecule has 1 heterocycles. The Hall–Kier alpha value is -0.330. The summed E-state index contributed by atoms with van der Waals surface area (Å²) in [5.74, 6) is 0.917. The summed E-state index contributed by atoms with van der Waals surface area (Å²) in [6, 6.07) is 8.70. The van der Waals surface area contributed by atoms with Gasteiger partial charge in [-0.25, -0.2) is 0 Å². The highest BCUT2D eigenvalue weighted by molar-refractivity contribution is 14.1. The molecule has 0 aliphatic carbocycles. The third-order valence-electron chi connectivity index (χ3n) is 3.15. The Morgan fingerprint density at radius 2 is 2.11 bits per heavy atom. The van der Waals surface area contributed by atoms with Crippen molar-refractivity contribution in [3.63, 3.8) is 0 Å². The molecule has 18 heavy (non-hydrogen) atoms. The van der Waals surface area contributed by atoms with Crippen molar-refractivity contribution >= 4 is 22.6 Å². The smallest absolute Gasteiger partial charge is 0.119 e. The summed E-state index contributed by atoms with van der Waals surface area (Å²) in [5, 5.41) is 0. The fourth-order valence-electron chi connectivity index (χ4n) is 2.03. The maximum Gasteiger partial charge on any atom is 0.119 e. The molecule has 0 amide bonds. The maximum atomic E-state index is 5.77. The summed E-state index contributed by atoms with van der Waals surface area (Å²) in [4.78, 5) is 2.44. The molecule has 1 aliphatic rings. The van der Waals surface area contributed by atoms with E-state index in [0.717, 1.165) is 25.4 Å². The number of halogens is 1. The molecule has 1 unspecified atom stereocenters. The zero-order chi connectivity index (χ0) is 13.0. The van der Waals surface area contributed by atoms with Crippen LogP contribution in [0.1, 0.15) is 13.8 Å². The number of hydrogen-bond donors (Lipinski definition) is 0. The molecule has 0 bridgehead atoms. The van der Waals surface area contributed by atoms with Gasteiger partial charge in [-0.15, -0.1) is 0 Å². The largest absolute Gasteiger partial charge is 0.491 e. The molecule has 1 fully saturated rings. The lowest BCUT2D eigenvalue weighted by Gasteiger charge is -2.35. The number of nitrogens with zero attached hydrogens (tertiary/aromatic N) is 1. The second kappa shape index (κ2) is 6.73. The molecule has 4 heteroatoms. The molecular weight excluding hydrogens is 341 g/mol. The summed E-state index contributed by atoms with van der Waals surface area (Å²) in [5.41, 5.74) is 0. The Balaban J connectivity index is 1.81. The highest BCUT2D eigenvalue weighted by atomic mass is 127. The Morgan fingerprint density at radius 3 is 2.78 bits per heavy atom. The monoisotopic (exact) mass is 361 g/mol. The highest BCUT2D eigenvalue weighted by Crippen LogP contribution is 2.15. The lowest BCUT2D eigenvalue weighted by atomic mass is 10.2. The van der Waals surface area contributed by atoms with Gasteiger partial charge < -0.3 is 9.47 Å². The topological polar surface area (TPSA) is 21.7 Å². The fraction of sp³-hybridized carbons (Fsp3) is 0.571. The Kier molecular flexibility index (Phi) is 5.26. The molecule has 0 saturated carbocycles. The van der Waals surface area contributed by atoms with E-state index in [9.17, 15) is 0 Å². The predicted molar refractivity (Wildman–Crippen MR) is 81.1 cm³/mol. The van der Waals surface area contributed by atoms with E-state index in [1.165, 1.54) is 3.57 Å². The normalized spacial score (nSPS) is 21.2. The van der Waals surface area contributed by atoms with Gasteiger partial charge >= 0.3 is 0 Å². The highest BCUT2D eigenvalue weighted by Gasteiger charge is 2.22. The van der Waals surface area contributed by atoms with E-state index >= 15 is 0 Å². The van der Waals surface area contributed by atoms with Crippen molar-refractivity contribution in [3.8, 4) is 5.75 Å². The number of rotatable bonds is 4. The summed E-state index contributed by atoms with van der Waals surface area (Å²) in [6.07, 6.45) is 0.181. The molecule has 0 N–H and O–H groups in total. The molecule has 1 aliphatic heterocycles. The second-order valence-corrected chi connectivity index (χ2v) is 6.09. The van der Waals surface area contributed by atoms with Crippen LogP contribution in [0, 0.1) is 3.57 Å². The van der Waals surface area contributed by atoms with Crippen LogP contribution in [0.5, 0.6) is 5.75 Å². The number of benzene rings is 1. The second-order valence-electron chi connectivity index (χ2n) is 4.85. The Bertz CT molecular complexity index is 367. The first kappa shape index (κ1) is 14.1. The van der Waals surface area contributed by atoms with Crippen molar-refractivity contribution in [2.24, 2.45) is 0 Å². The van der Waals surface area contributed by atoms with E-state index in [-0.39, 0.29) is 6.10 Å². The van der Waals surface area contributed by atoms with E-state index in [0.29, 0.717) is 12.6 Å². The van der Waals surface area contributed by atoms with E-state index in [2.05, 4.69) is 53.5 Å². The molecule has 1 aromatic carbocycles. The van der Waals surface area contributed by atoms with E-state index < -0.39 is 0 Å². The van der Waals surface area contributed by atoms with Crippen LogP contribution in [0.2, 0.25) is 0 Å². The van der Waals surface area contributed by atoms with Crippen molar-refractivity contribution in [3.05, 3.63) is 27.8 Å². The minimum Gasteiger partial charge on any atom is -0.491 e. The summed E-state index contributed by atoms with van der Waals surface area (Å²) in [6.45, 7) is 7.87. The minimum atomic E-state index is 0.181. The average molecular weight is 361 g/mol. The first-order chi connectivity index (χ1) is 8.65. The van der Waals surface area contributed by atoms with Crippen molar-refractivity contribution in [1.82, 2.24) is 4.90 Å². The van der Waals surface area contributed by atoms with Gasteiger partial charge in [-0.2, -0.15) is 0 Å². The van der Waals surface area contributed by atoms with Gasteiger partial charge in [-0.3, -0.25) is 4.90 Å². The third kappa shape index (κ3) is 4.10. The van der Waals surface area contributed by atoms with Crippen LogP contribution in [-0.2, 0) is 4.74 Å². The molecule has 1 aromatic rings. The van der Waals surface area contributed by atoms with Gasteiger partial charge in [0.1, 0.15) is 18.5 Å². The van der Waals surface area contributed by atoms with Crippen LogP contribution in [-0.4, -0.2) is 43.3 Å². The minimum absolute atomic E-state index is 0.181. The molecular formula is C14H20INO2. The van der Waals surface area contributed by atoms with Crippen LogP contribution in [0.15, 0.2) is 24.3 Å². The van der Waals surface area contributed by atoms with Crippen LogP contribution in [0.3, 0.4) is 0 Å². The van der Waals surface area contributed by atoms with Gasteiger partial charge in [0.2, 0.25) is 0 Å². The number of hydrogen-bond acceptors (Lipinski definition) is 3. The first-order valence-corrected chi connectivity index (χ1v) is 7.47. The zero-order valence-electron chi connectivity index (χ0n) is 10.9. The molecule has 0 aromatic heterocycles. The molecule has 0 radical (unpaired) electrons. The fourth-order valence-corrected chi connectivity index (χ4v) is 2.39. The maximum absolute atomic E-state index is 5.77. The van der Waals surface area contributed by atoms with Crippen LogP contribution in [0.4, 0.5) is 0 Å². The van der Waals surface area contributed by atoms with Gasteiger partial charge in [0.05, 0.1) is 6.61 Å². The Morgan fingerprint density at radius 1 is 1.39 bits per heavy atom. The van der Waals surface area contributed by atoms with Crippen LogP contribution < -0.4 is 4.74 Å². The van der Waals surface area contributed by atoms with Gasteiger partial charge in [-0.05, 0) is 60.7 Å². The van der Waals surface area contributed by atoms with Crippen molar-refractivity contribution in [2.75, 3.05) is 26.3 Å². The van der Waals surface area contributed by atoms with Gasteiger partial charge in [0.15, 0.2) is 0 Å². The molecule has 2 rings (SSSR count). The average Bonchev–Trinajstić information content (AvgIpc) is 2.38. The molecule has 1 saturated heterocycles. The quantitative estimate of drug-likeness (QED) is 0.770. The Labute approximate surface area is 123 Å². The third-order valence-corrected chi connectivity index (χ3v) is 3.87.